The topological polar surface area (TPSA) is 35.2 Å². The summed E-state index contributed by atoms with van der Waals surface area (Å²) in [6, 6.07) is 8.05. The van der Waals surface area contributed by atoms with Crippen LogP contribution in [0.1, 0.15) is 5.56 Å². The fraction of sp³-hybridized carbons (Fsp3) is 0.0769. The van der Waals surface area contributed by atoms with Gasteiger partial charge < -0.3 is 10.5 Å². The van der Waals surface area contributed by atoms with Crippen molar-refractivity contribution in [3.63, 3.8) is 0 Å². The van der Waals surface area contributed by atoms with Crippen LogP contribution >= 0.6 is 27.5 Å². The second kappa shape index (κ2) is 5.16. The number of aryl methyl sites for hydroxylation is 1. The van der Waals surface area contributed by atoms with E-state index in [1.54, 1.807) is 12.1 Å². The molecule has 5 heteroatoms. The average Bonchev–Trinajstić information content (AvgIpc) is 2.29. The molecule has 0 aliphatic heterocycles. The van der Waals surface area contributed by atoms with Gasteiger partial charge in [0, 0.05) is 6.07 Å². The predicted molar refractivity (Wildman–Crippen MR) is 74.8 cm³/mol. The van der Waals surface area contributed by atoms with Crippen LogP contribution in [0.2, 0.25) is 5.02 Å². The SMILES string of the molecule is Cc1ccc(Oc2cc(F)c(Cl)cc2Br)c(N)c1. The van der Waals surface area contributed by atoms with Crippen LogP contribution in [-0.2, 0) is 0 Å². The van der Waals surface area contributed by atoms with Crippen LogP contribution in [0.4, 0.5) is 10.1 Å². The summed E-state index contributed by atoms with van der Waals surface area (Å²) in [5.41, 5.74) is 7.35. The van der Waals surface area contributed by atoms with Crippen molar-refractivity contribution in [2.75, 3.05) is 5.73 Å². The van der Waals surface area contributed by atoms with Gasteiger partial charge in [-0.15, -0.1) is 0 Å². The molecule has 2 aromatic rings. The largest absolute Gasteiger partial charge is 0.454 e. The second-order valence-electron chi connectivity index (χ2n) is 3.84. The van der Waals surface area contributed by atoms with Crippen molar-refractivity contribution in [3.8, 4) is 11.5 Å². The monoisotopic (exact) mass is 329 g/mol. The molecule has 0 spiro atoms. The summed E-state index contributed by atoms with van der Waals surface area (Å²) in [6.45, 7) is 1.93. The molecule has 0 unspecified atom stereocenters. The third kappa shape index (κ3) is 2.76. The van der Waals surface area contributed by atoms with Gasteiger partial charge in [0.05, 0.1) is 15.2 Å². The summed E-state index contributed by atoms with van der Waals surface area (Å²) in [7, 11) is 0. The Bertz CT molecular complexity index is 604. The summed E-state index contributed by atoms with van der Waals surface area (Å²) in [5.74, 6) is 0.260. The van der Waals surface area contributed by atoms with E-state index >= 15 is 0 Å². The van der Waals surface area contributed by atoms with E-state index in [-0.39, 0.29) is 5.02 Å². The number of hydrogen-bond acceptors (Lipinski definition) is 2. The second-order valence-corrected chi connectivity index (χ2v) is 5.10. The van der Waals surface area contributed by atoms with Crippen LogP contribution < -0.4 is 10.5 Å². The molecule has 0 aromatic heterocycles. The van der Waals surface area contributed by atoms with Gasteiger partial charge in [0.15, 0.2) is 0 Å². The minimum atomic E-state index is -0.541. The van der Waals surface area contributed by atoms with E-state index in [1.807, 2.05) is 13.0 Å². The van der Waals surface area contributed by atoms with Crippen molar-refractivity contribution in [2.45, 2.75) is 6.92 Å². The Balaban J connectivity index is 2.37. The molecular formula is C13H10BrClFNO. The highest BCUT2D eigenvalue weighted by molar-refractivity contribution is 9.10. The molecule has 0 amide bonds. The highest BCUT2D eigenvalue weighted by atomic mass is 79.9. The molecule has 0 fully saturated rings. The van der Waals surface area contributed by atoms with Crippen LogP contribution in [-0.4, -0.2) is 0 Å². The third-order valence-corrected chi connectivity index (χ3v) is 3.27. The lowest BCUT2D eigenvalue weighted by Gasteiger charge is -2.11. The number of benzene rings is 2. The molecule has 2 rings (SSSR count). The van der Waals surface area contributed by atoms with Crippen LogP contribution in [0.25, 0.3) is 0 Å². The normalized spacial score (nSPS) is 10.4. The van der Waals surface area contributed by atoms with E-state index in [4.69, 9.17) is 22.1 Å². The first-order chi connectivity index (χ1) is 8.47. The number of nitrogens with two attached hydrogens (primary N) is 1. The van der Waals surface area contributed by atoms with Gasteiger partial charge in [-0.2, -0.15) is 0 Å². The van der Waals surface area contributed by atoms with Crippen molar-refractivity contribution in [3.05, 3.63) is 51.2 Å². The number of halogens is 3. The zero-order valence-corrected chi connectivity index (χ0v) is 11.8. The zero-order valence-electron chi connectivity index (χ0n) is 9.51. The van der Waals surface area contributed by atoms with Gasteiger partial charge in [-0.3, -0.25) is 0 Å². The van der Waals surface area contributed by atoms with Crippen molar-refractivity contribution < 1.29 is 9.13 Å². The summed E-state index contributed by atoms with van der Waals surface area (Å²) in [4.78, 5) is 0. The van der Waals surface area contributed by atoms with E-state index in [0.717, 1.165) is 5.56 Å². The molecule has 0 aliphatic rings. The van der Waals surface area contributed by atoms with E-state index in [9.17, 15) is 4.39 Å². The van der Waals surface area contributed by atoms with E-state index in [0.29, 0.717) is 21.7 Å². The van der Waals surface area contributed by atoms with Crippen molar-refractivity contribution in [1.29, 1.82) is 0 Å². The molecule has 2 N–H and O–H groups in total. The Morgan fingerprint density at radius 3 is 2.61 bits per heavy atom. The first-order valence-electron chi connectivity index (χ1n) is 5.16. The zero-order chi connectivity index (χ0) is 13.3. The summed E-state index contributed by atoms with van der Waals surface area (Å²) >= 11 is 8.92. The highest BCUT2D eigenvalue weighted by Crippen LogP contribution is 2.35. The van der Waals surface area contributed by atoms with E-state index in [1.165, 1.54) is 12.1 Å². The summed E-state index contributed by atoms with van der Waals surface area (Å²) in [5, 5.41) is 0.0334. The fourth-order valence-electron chi connectivity index (χ4n) is 1.46. The highest BCUT2D eigenvalue weighted by Gasteiger charge is 2.10. The molecule has 0 radical (unpaired) electrons. The lowest BCUT2D eigenvalue weighted by Crippen LogP contribution is -1.94. The molecule has 0 atom stereocenters. The van der Waals surface area contributed by atoms with Crippen molar-refractivity contribution >= 4 is 33.2 Å². The van der Waals surface area contributed by atoms with Gasteiger partial charge in [-0.1, -0.05) is 17.7 Å². The Kier molecular flexibility index (Phi) is 3.78. The first kappa shape index (κ1) is 13.2. The van der Waals surface area contributed by atoms with Crippen LogP contribution in [0.3, 0.4) is 0 Å². The minimum Gasteiger partial charge on any atom is -0.454 e. The van der Waals surface area contributed by atoms with E-state index < -0.39 is 5.82 Å². The maximum atomic E-state index is 13.4. The molecule has 94 valence electrons. The Morgan fingerprint density at radius 2 is 1.94 bits per heavy atom. The Morgan fingerprint density at radius 1 is 1.22 bits per heavy atom. The van der Waals surface area contributed by atoms with Gasteiger partial charge in [0.25, 0.3) is 0 Å². The standard InChI is InChI=1S/C13H10BrClFNO/c1-7-2-3-12(11(17)4-7)18-13-6-10(16)9(15)5-8(13)14/h2-6H,17H2,1H3. The van der Waals surface area contributed by atoms with Crippen LogP contribution in [0.5, 0.6) is 11.5 Å². The Labute approximate surface area is 118 Å². The van der Waals surface area contributed by atoms with Gasteiger partial charge in [-0.05, 0) is 46.6 Å². The number of hydrogen-bond donors (Lipinski definition) is 1. The molecular weight excluding hydrogens is 321 g/mol. The third-order valence-electron chi connectivity index (χ3n) is 2.36. The molecule has 0 saturated heterocycles. The Hall–Kier alpha value is -1.26. The predicted octanol–water partition coefficient (Wildman–Crippen LogP) is 4.92. The van der Waals surface area contributed by atoms with Gasteiger partial charge in [0.2, 0.25) is 0 Å². The molecule has 0 bridgehead atoms. The number of ether oxygens (including phenoxy) is 1. The molecule has 0 aliphatic carbocycles. The quantitative estimate of drug-likeness (QED) is 0.626. The van der Waals surface area contributed by atoms with Gasteiger partial charge in [-0.25, -0.2) is 4.39 Å². The summed E-state index contributed by atoms with van der Waals surface area (Å²) in [6.07, 6.45) is 0. The van der Waals surface area contributed by atoms with Crippen molar-refractivity contribution in [1.82, 2.24) is 0 Å². The average molecular weight is 331 g/mol. The number of nitrogen functional groups attached to an aromatic ring is 1. The molecule has 18 heavy (non-hydrogen) atoms. The first-order valence-corrected chi connectivity index (χ1v) is 6.33. The lowest BCUT2D eigenvalue weighted by molar-refractivity contribution is 0.476. The molecule has 0 saturated carbocycles. The minimum absolute atomic E-state index is 0.0334. The number of rotatable bonds is 2. The lowest BCUT2D eigenvalue weighted by atomic mass is 10.2. The molecule has 2 aromatic carbocycles. The van der Waals surface area contributed by atoms with E-state index in [2.05, 4.69) is 15.9 Å². The smallest absolute Gasteiger partial charge is 0.150 e. The van der Waals surface area contributed by atoms with Gasteiger partial charge >= 0.3 is 0 Å². The maximum absolute atomic E-state index is 13.4. The maximum Gasteiger partial charge on any atom is 0.150 e. The fourth-order valence-corrected chi connectivity index (χ4v) is 2.18. The summed E-state index contributed by atoms with van der Waals surface area (Å²) < 4.78 is 19.5. The molecule has 0 heterocycles. The van der Waals surface area contributed by atoms with Crippen LogP contribution in [0, 0.1) is 12.7 Å². The van der Waals surface area contributed by atoms with Gasteiger partial charge in [0.1, 0.15) is 17.3 Å². The van der Waals surface area contributed by atoms with Crippen molar-refractivity contribution in [2.24, 2.45) is 0 Å². The van der Waals surface area contributed by atoms with Crippen LogP contribution in [0.15, 0.2) is 34.8 Å². The number of anilines is 1. The molecule has 2 nitrogen and oxygen atoms in total.